The second-order valence-electron chi connectivity index (χ2n) is 6.34. The van der Waals surface area contributed by atoms with Crippen LogP contribution in [-0.4, -0.2) is 42.5 Å². The number of carbonyl (C=O) groups excluding carboxylic acids is 1. The highest BCUT2D eigenvalue weighted by molar-refractivity contribution is 5.96. The fourth-order valence-electron chi connectivity index (χ4n) is 2.88. The molecule has 8 nitrogen and oxygen atoms in total. The van der Waals surface area contributed by atoms with Gasteiger partial charge in [0.05, 0.1) is 30.9 Å². The number of amides is 1. The molecule has 0 aliphatic carbocycles. The van der Waals surface area contributed by atoms with Gasteiger partial charge in [-0.2, -0.15) is 0 Å². The van der Waals surface area contributed by atoms with Crippen LogP contribution in [-0.2, 0) is 11.3 Å². The third-order valence-corrected chi connectivity index (χ3v) is 4.59. The minimum Gasteiger partial charge on any atom is -0.495 e. The molecule has 0 saturated heterocycles. The molecule has 0 aliphatic heterocycles. The normalized spacial score (nSPS) is 11.8. The average Bonchev–Trinajstić information content (AvgIpc) is 2.71. The van der Waals surface area contributed by atoms with Crippen molar-refractivity contribution in [2.75, 3.05) is 26.1 Å². The SMILES string of the molecule is CCN(Cc1ccc(OC)c(F)c1)[C@@H](C)C(=O)Nc1cc([N+](=O)[O-])ccc1OC. The first-order valence-electron chi connectivity index (χ1n) is 9.00. The predicted molar refractivity (Wildman–Crippen MR) is 107 cm³/mol. The summed E-state index contributed by atoms with van der Waals surface area (Å²) >= 11 is 0. The third-order valence-electron chi connectivity index (χ3n) is 4.59. The number of benzene rings is 2. The number of hydrogen-bond donors (Lipinski definition) is 1. The van der Waals surface area contributed by atoms with Crippen LogP contribution in [0, 0.1) is 15.9 Å². The number of methoxy groups -OCH3 is 2. The van der Waals surface area contributed by atoms with Crippen LogP contribution in [0.25, 0.3) is 0 Å². The Bertz CT molecular complexity index is 890. The van der Waals surface area contributed by atoms with Crippen molar-refractivity contribution in [3.63, 3.8) is 0 Å². The van der Waals surface area contributed by atoms with Crippen molar-refractivity contribution in [1.29, 1.82) is 0 Å². The summed E-state index contributed by atoms with van der Waals surface area (Å²) in [7, 11) is 2.81. The van der Waals surface area contributed by atoms with Crippen LogP contribution >= 0.6 is 0 Å². The molecule has 0 radical (unpaired) electrons. The Morgan fingerprint density at radius 1 is 1.21 bits per heavy atom. The van der Waals surface area contributed by atoms with E-state index in [1.54, 1.807) is 13.0 Å². The van der Waals surface area contributed by atoms with Gasteiger partial charge in [-0.15, -0.1) is 0 Å². The van der Waals surface area contributed by atoms with Crippen molar-refractivity contribution in [2.45, 2.75) is 26.4 Å². The number of non-ortho nitro benzene ring substituents is 1. The average molecular weight is 405 g/mol. The van der Waals surface area contributed by atoms with E-state index in [9.17, 15) is 19.3 Å². The minimum absolute atomic E-state index is 0.153. The number of nitro benzene ring substituents is 1. The molecule has 1 N–H and O–H groups in total. The van der Waals surface area contributed by atoms with E-state index in [0.717, 1.165) is 0 Å². The van der Waals surface area contributed by atoms with Gasteiger partial charge in [0.1, 0.15) is 5.75 Å². The third kappa shape index (κ3) is 5.41. The zero-order chi connectivity index (χ0) is 21.6. The summed E-state index contributed by atoms with van der Waals surface area (Å²) in [4.78, 5) is 25.1. The van der Waals surface area contributed by atoms with Crippen LogP contribution in [0.3, 0.4) is 0 Å². The van der Waals surface area contributed by atoms with E-state index < -0.39 is 16.8 Å². The maximum atomic E-state index is 13.9. The first-order chi connectivity index (χ1) is 13.8. The van der Waals surface area contributed by atoms with Gasteiger partial charge in [-0.25, -0.2) is 4.39 Å². The monoisotopic (exact) mass is 405 g/mol. The molecule has 0 saturated carbocycles. The first kappa shape index (κ1) is 22.1. The lowest BCUT2D eigenvalue weighted by Gasteiger charge is -2.27. The molecule has 2 aromatic carbocycles. The standard InChI is InChI=1S/C20H24FN3O5/c1-5-23(12-14-6-8-18(28-3)16(21)10-14)13(2)20(25)22-17-11-15(24(26)27)7-9-19(17)29-4/h6-11,13H,5,12H2,1-4H3,(H,22,25)/t13-/m0/s1. The highest BCUT2D eigenvalue weighted by Gasteiger charge is 2.23. The quantitative estimate of drug-likeness (QED) is 0.506. The second kappa shape index (κ2) is 9.83. The van der Waals surface area contributed by atoms with Crippen LogP contribution in [0.1, 0.15) is 19.4 Å². The number of rotatable bonds is 9. The predicted octanol–water partition coefficient (Wildman–Crippen LogP) is 3.60. The van der Waals surface area contributed by atoms with Crippen LogP contribution in [0.2, 0.25) is 0 Å². The highest BCUT2D eigenvalue weighted by Crippen LogP contribution is 2.29. The first-order valence-corrected chi connectivity index (χ1v) is 9.00. The molecule has 9 heteroatoms. The van der Waals surface area contributed by atoms with Crippen molar-refractivity contribution in [3.8, 4) is 11.5 Å². The van der Waals surface area contributed by atoms with Crippen LogP contribution < -0.4 is 14.8 Å². The molecule has 2 rings (SSSR count). The number of nitro groups is 1. The molecule has 0 fully saturated rings. The molecule has 0 unspecified atom stereocenters. The zero-order valence-corrected chi connectivity index (χ0v) is 16.8. The minimum atomic E-state index is -0.575. The van der Waals surface area contributed by atoms with E-state index >= 15 is 0 Å². The lowest BCUT2D eigenvalue weighted by Crippen LogP contribution is -2.41. The smallest absolute Gasteiger partial charge is 0.271 e. The summed E-state index contributed by atoms with van der Waals surface area (Å²) in [5, 5.41) is 13.7. The van der Waals surface area contributed by atoms with E-state index in [2.05, 4.69) is 5.32 Å². The molecule has 1 atom stereocenters. The van der Waals surface area contributed by atoms with Crippen molar-refractivity contribution in [3.05, 3.63) is 57.9 Å². The number of halogens is 1. The molecule has 0 heterocycles. The molecule has 2 aromatic rings. The number of nitrogens with zero attached hydrogens (tertiary/aromatic N) is 2. The van der Waals surface area contributed by atoms with Crippen LogP contribution in [0.5, 0.6) is 11.5 Å². The van der Waals surface area contributed by atoms with E-state index in [0.29, 0.717) is 24.4 Å². The number of likely N-dealkylation sites (N-methyl/N-ethyl adjacent to an activating group) is 1. The number of carbonyl (C=O) groups is 1. The molecule has 1 amide bonds. The van der Waals surface area contributed by atoms with Gasteiger partial charge in [0.2, 0.25) is 5.91 Å². The number of anilines is 1. The molecular formula is C20H24FN3O5. The van der Waals surface area contributed by atoms with Gasteiger partial charge in [0.25, 0.3) is 5.69 Å². The Hall–Kier alpha value is -3.20. The maximum Gasteiger partial charge on any atom is 0.271 e. The maximum absolute atomic E-state index is 13.9. The van der Waals surface area contributed by atoms with Gasteiger partial charge in [-0.1, -0.05) is 13.0 Å². The second-order valence-corrected chi connectivity index (χ2v) is 6.34. The van der Waals surface area contributed by atoms with E-state index in [1.165, 1.54) is 44.6 Å². The Morgan fingerprint density at radius 2 is 1.86 bits per heavy atom. The Labute approximate surface area is 168 Å². The Morgan fingerprint density at radius 3 is 2.41 bits per heavy atom. The fourth-order valence-corrected chi connectivity index (χ4v) is 2.88. The van der Waals surface area contributed by atoms with Crippen molar-refractivity contribution >= 4 is 17.3 Å². The lowest BCUT2D eigenvalue weighted by molar-refractivity contribution is -0.384. The van der Waals surface area contributed by atoms with Gasteiger partial charge in [0, 0.05) is 18.7 Å². The number of nitrogens with one attached hydrogen (secondary N) is 1. The largest absolute Gasteiger partial charge is 0.495 e. The van der Waals surface area contributed by atoms with Gasteiger partial charge in [0.15, 0.2) is 11.6 Å². The number of ether oxygens (including phenoxy) is 2. The summed E-state index contributed by atoms with van der Waals surface area (Å²) in [6.07, 6.45) is 0. The molecular weight excluding hydrogens is 381 g/mol. The van der Waals surface area contributed by atoms with E-state index in [-0.39, 0.29) is 23.0 Å². The topological polar surface area (TPSA) is 93.9 Å². The summed E-state index contributed by atoms with van der Waals surface area (Å²) in [5.41, 5.74) is 0.748. The Kier molecular flexibility index (Phi) is 7.49. The summed E-state index contributed by atoms with van der Waals surface area (Å²) in [6.45, 7) is 4.48. The van der Waals surface area contributed by atoms with Crippen molar-refractivity contribution in [2.24, 2.45) is 0 Å². The van der Waals surface area contributed by atoms with Gasteiger partial charge < -0.3 is 14.8 Å². The van der Waals surface area contributed by atoms with Crippen molar-refractivity contribution in [1.82, 2.24) is 4.90 Å². The van der Waals surface area contributed by atoms with E-state index in [4.69, 9.17) is 9.47 Å². The Balaban J connectivity index is 2.16. The van der Waals surface area contributed by atoms with Gasteiger partial charge in [-0.05, 0) is 37.2 Å². The zero-order valence-electron chi connectivity index (χ0n) is 16.8. The molecule has 0 bridgehead atoms. The summed E-state index contributed by atoms with van der Waals surface area (Å²) < 4.78 is 24.0. The van der Waals surface area contributed by atoms with Crippen LogP contribution in [0.4, 0.5) is 15.8 Å². The molecule has 156 valence electrons. The van der Waals surface area contributed by atoms with E-state index in [1.807, 2.05) is 11.8 Å². The van der Waals surface area contributed by atoms with Gasteiger partial charge >= 0.3 is 0 Å². The lowest BCUT2D eigenvalue weighted by atomic mass is 10.1. The highest BCUT2D eigenvalue weighted by atomic mass is 19.1. The van der Waals surface area contributed by atoms with Crippen molar-refractivity contribution < 1.29 is 23.6 Å². The van der Waals surface area contributed by atoms with Crippen LogP contribution in [0.15, 0.2) is 36.4 Å². The summed E-state index contributed by atoms with van der Waals surface area (Å²) in [5.74, 6) is -0.365. The summed E-state index contributed by atoms with van der Waals surface area (Å²) in [6, 6.07) is 8.05. The molecule has 0 spiro atoms. The molecule has 29 heavy (non-hydrogen) atoms. The number of hydrogen-bond acceptors (Lipinski definition) is 6. The fraction of sp³-hybridized carbons (Fsp3) is 0.350. The van der Waals surface area contributed by atoms with Gasteiger partial charge in [-0.3, -0.25) is 19.8 Å². The molecule has 0 aliphatic rings. The molecule has 0 aromatic heterocycles.